The molecule has 1 aromatic rings. The number of hydrogen-bond donors (Lipinski definition) is 1. The second kappa shape index (κ2) is 6.02. The van der Waals surface area contributed by atoms with Gasteiger partial charge in [0.25, 0.3) is 0 Å². The Kier molecular flexibility index (Phi) is 4.62. The van der Waals surface area contributed by atoms with Crippen molar-refractivity contribution in [3.63, 3.8) is 0 Å². The van der Waals surface area contributed by atoms with Gasteiger partial charge in [-0.2, -0.15) is 0 Å². The molecular formula is C14H25N3S. The SMILES string of the molecule is CC(C)NCc1csc(N2CCC(C(C)C)C2)n1. The molecule has 102 valence electrons. The Hall–Kier alpha value is -0.610. The van der Waals surface area contributed by atoms with Crippen LogP contribution in [0.1, 0.15) is 39.8 Å². The molecule has 3 nitrogen and oxygen atoms in total. The Bertz CT molecular complexity index is 373. The molecule has 1 atom stereocenters. The third-order valence-corrected chi connectivity index (χ3v) is 4.62. The van der Waals surface area contributed by atoms with Gasteiger partial charge in [0.1, 0.15) is 0 Å². The minimum atomic E-state index is 0.521. The highest BCUT2D eigenvalue weighted by molar-refractivity contribution is 7.13. The molecule has 0 saturated carbocycles. The van der Waals surface area contributed by atoms with Crippen LogP contribution in [0, 0.1) is 11.8 Å². The summed E-state index contributed by atoms with van der Waals surface area (Å²) in [5.74, 6) is 1.63. The Morgan fingerprint density at radius 1 is 1.44 bits per heavy atom. The molecule has 1 aliphatic heterocycles. The van der Waals surface area contributed by atoms with E-state index in [4.69, 9.17) is 4.98 Å². The zero-order valence-electron chi connectivity index (χ0n) is 11.9. The molecule has 1 aromatic heterocycles. The molecule has 1 aliphatic rings. The van der Waals surface area contributed by atoms with Gasteiger partial charge in [-0.3, -0.25) is 0 Å². The van der Waals surface area contributed by atoms with Gasteiger partial charge >= 0.3 is 0 Å². The molecule has 0 spiro atoms. The second-order valence-corrected chi connectivity index (χ2v) is 6.73. The van der Waals surface area contributed by atoms with Gasteiger partial charge in [-0.25, -0.2) is 4.98 Å². The van der Waals surface area contributed by atoms with E-state index in [-0.39, 0.29) is 0 Å². The molecule has 1 saturated heterocycles. The lowest BCUT2D eigenvalue weighted by Gasteiger charge is -2.16. The van der Waals surface area contributed by atoms with Gasteiger partial charge in [-0.15, -0.1) is 11.3 Å². The van der Waals surface area contributed by atoms with Gasteiger partial charge in [0.2, 0.25) is 0 Å². The Labute approximate surface area is 115 Å². The van der Waals surface area contributed by atoms with Crippen LogP contribution in [-0.2, 0) is 6.54 Å². The standard InChI is InChI=1S/C14H25N3S/c1-10(2)12-5-6-17(8-12)14-16-13(9-18-14)7-15-11(3)4/h9-12,15H,5-8H2,1-4H3. The molecule has 18 heavy (non-hydrogen) atoms. The molecule has 2 heterocycles. The van der Waals surface area contributed by atoms with E-state index in [0.29, 0.717) is 6.04 Å². The van der Waals surface area contributed by atoms with Crippen molar-refractivity contribution < 1.29 is 0 Å². The molecule has 0 aromatic carbocycles. The largest absolute Gasteiger partial charge is 0.348 e. The van der Waals surface area contributed by atoms with Crippen LogP contribution in [0.4, 0.5) is 5.13 Å². The van der Waals surface area contributed by atoms with Crippen LogP contribution in [0.3, 0.4) is 0 Å². The highest BCUT2D eigenvalue weighted by atomic mass is 32.1. The molecule has 0 radical (unpaired) electrons. The Balaban J connectivity index is 1.90. The number of anilines is 1. The Morgan fingerprint density at radius 3 is 2.83 bits per heavy atom. The van der Waals surface area contributed by atoms with Gasteiger partial charge < -0.3 is 10.2 Å². The summed E-state index contributed by atoms with van der Waals surface area (Å²) in [5, 5.41) is 6.81. The van der Waals surface area contributed by atoms with E-state index in [1.807, 2.05) is 0 Å². The minimum Gasteiger partial charge on any atom is -0.348 e. The third kappa shape index (κ3) is 3.45. The van der Waals surface area contributed by atoms with Crippen molar-refractivity contribution >= 4 is 16.5 Å². The summed E-state index contributed by atoms with van der Waals surface area (Å²) in [6.45, 7) is 12.2. The molecule has 2 rings (SSSR count). The number of hydrogen-bond acceptors (Lipinski definition) is 4. The summed E-state index contributed by atoms with van der Waals surface area (Å²) in [6.07, 6.45) is 1.32. The molecule has 1 fully saturated rings. The number of aromatic nitrogens is 1. The molecule has 1 unspecified atom stereocenters. The zero-order valence-corrected chi connectivity index (χ0v) is 12.8. The highest BCUT2D eigenvalue weighted by Crippen LogP contribution is 2.30. The lowest BCUT2D eigenvalue weighted by Crippen LogP contribution is -2.23. The monoisotopic (exact) mass is 267 g/mol. The number of nitrogens with one attached hydrogen (secondary N) is 1. The van der Waals surface area contributed by atoms with Crippen LogP contribution in [0.2, 0.25) is 0 Å². The summed E-state index contributed by atoms with van der Waals surface area (Å²) in [7, 11) is 0. The van der Waals surface area contributed by atoms with E-state index in [2.05, 4.69) is 43.3 Å². The molecule has 0 aliphatic carbocycles. The lowest BCUT2D eigenvalue weighted by atomic mass is 9.95. The van der Waals surface area contributed by atoms with Crippen molar-refractivity contribution in [2.75, 3.05) is 18.0 Å². The van der Waals surface area contributed by atoms with E-state index in [0.717, 1.165) is 18.4 Å². The van der Waals surface area contributed by atoms with E-state index in [1.165, 1.54) is 30.3 Å². The summed E-state index contributed by atoms with van der Waals surface area (Å²) in [4.78, 5) is 7.19. The maximum atomic E-state index is 4.74. The fourth-order valence-corrected chi connectivity index (χ4v) is 3.20. The smallest absolute Gasteiger partial charge is 0.185 e. The highest BCUT2D eigenvalue weighted by Gasteiger charge is 2.26. The van der Waals surface area contributed by atoms with Gasteiger partial charge in [0.05, 0.1) is 5.69 Å². The summed E-state index contributed by atoms with van der Waals surface area (Å²) in [6, 6.07) is 0.521. The van der Waals surface area contributed by atoms with Gasteiger partial charge in [-0.05, 0) is 18.3 Å². The first-order chi connectivity index (χ1) is 8.56. The van der Waals surface area contributed by atoms with Crippen LogP contribution in [0.5, 0.6) is 0 Å². The number of rotatable bonds is 5. The van der Waals surface area contributed by atoms with Crippen LogP contribution in [-0.4, -0.2) is 24.1 Å². The van der Waals surface area contributed by atoms with E-state index >= 15 is 0 Å². The van der Waals surface area contributed by atoms with Crippen LogP contribution >= 0.6 is 11.3 Å². The van der Waals surface area contributed by atoms with Gasteiger partial charge in [0.15, 0.2) is 5.13 Å². The van der Waals surface area contributed by atoms with Crippen LogP contribution < -0.4 is 10.2 Å². The fraction of sp³-hybridized carbons (Fsp3) is 0.786. The summed E-state index contributed by atoms with van der Waals surface area (Å²) < 4.78 is 0. The lowest BCUT2D eigenvalue weighted by molar-refractivity contribution is 0.422. The van der Waals surface area contributed by atoms with Crippen LogP contribution in [0.25, 0.3) is 0 Å². The third-order valence-electron chi connectivity index (χ3n) is 3.67. The normalized spacial score (nSPS) is 20.3. The molecule has 0 bridgehead atoms. The quantitative estimate of drug-likeness (QED) is 0.888. The number of nitrogens with zero attached hydrogens (tertiary/aromatic N) is 2. The van der Waals surface area contributed by atoms with Crippen molar-refractivity contribution in [3.05, 3.63) is 11.1 Å². The predicted molar refractivity (Wildman–Crippen MR) is 79.2 cm³/mol. The molecule has 1 N–H and O–H groups in total. The molecule has 0 amide bonds. The summed E-state index contributed by atoms with van der Waals surface area (Å²) in [5.41, 5.74) is 1.18. The first-order valence-corrected chi connectivity index (χ1v) is 7.87. The summed E-state index contributed by atoms with van der Waals surface area (Å²) >= 11 is 1.79. The van der Waals surface area contributed by atoms with Gasteiger partial charge in [0, 0.05) is 31.1 Å². The average Bonchev–Trinajstić information content (AvgIpc) is 2.95. The second-order valence-electron chi connectivity index (χ2n) is 5.90. The van der Waals surface area contributed by atoms with Crippen molar-refractivity contribution in [1.82, 2.24) is 10.3 Å². The maximum Gasteiger partial charge on any atom is 0.185 e. The van der Waals surface area contributed by atoms with Gasteiger partial charge in [-0.1, -0.05) is 27.7 Å². The Morgan fingerprint density at radius 2 is 2.22 bits per heavy atom. The van der Waals surface area contributed by atoms with E-state index in [1.54, 1.807) is 11.3 Å². The van der Waals surface area contributed by atoms with E-state index in [9.17, 15) is 0 Å². The zero-order chi connectivity index (χ0) is 13.1. The predicted octanol–water partition coefficient (Wildman–Crippen LogP) is 3.12. The minimum absolute atomic E-state index is 0.521. The number of thiazole rings is 1. The molecular weight excluding hydrogens is 242 g/mol. The first kappa shape index (κ1) is 13.8. The van der Waals surface area contributed by atoms with Crippen LogP contribution in [0.15, 0.2) is 5.38 Å². The topological polar surface area (TPSA) is 28.2 Å². The average molecular weight is 267 g/mol. The van der Waals surface area contributed by atoms with Crippen molar-refractivity contribution in [2.45, 2.75) is 46.7 Å². The first-order valence-electron chi connectivity index (χ1n) is 6.99. The van der Waals surface area contributed by atoms with Crippen molar-refractivity contribution in [2.24, 2.45) is 11.8 Å². The van der Waals surface area contributed by atoms with Crippen molar-refractivity contribution in [3.8, 4) is 0 Å². The maximum absolute atomic E-state index is 4.74. The van der Waals surface area contributed by atoms with Crippen molar-refractivity contribution in [1.29, 1.82) is 0 Å². The fourth-order valence-electron chi connectivity index (χ4n) is 2.34. The van der Waals surface area contributed by atoms with E-state index < -0.39 is 0 Å². The molecule has 4 heteroatoms.